The van der Waals surface area contributed by atoms with Gasteiger partial charge in [-0.3, -0.25) is 9.59 Å². The molecule has 0 bridgehead atoms. The second-order valence-electron chi connectivity index (χ2n) is 9.85. The van der Waals surface area contributed by atoms with Crippen LogP contribution in [0.1, 0.15) is 67.6 Å². The first-order chi connectivity index (χ1) is 16.3. The molecule has 7 nitrogen and oxygen atoms in total. The van der Waals surface area contributed by atoms with E-state index in [1.807, 2.05) is 30.1 Å². The third-order valence-electron chi connectivity index (χ3n) is 6.55. The Balaban J connectivity index is 1.82. The van der Waals surface area contributed by atoms with E-state index in [1.54, 1.807) is 6.20 Å². The zero-order valence-corrected chi connectivity index (χ0v) is 20.7. The predicted molar refractivity (Wildman–Crippen MR) is 134 cm³/mol. The van der Waals surface area contributed by atoms with E-state index in [1.165, 1.54) is 23.3 Å². The van der Waals surface area contributed by atoms with E-state index in [2.05, 4.69) is 31.0 Å². The van der Waals surface area contributed by atoms with Crippen molar-refractivity contribution in [3.63, 3.8) is 0 Å². The van der Waals surface area contributed by atoms with Crippen LogP contribution < -0.4 is 4.90 Å². The second kappa shape index (κ2) is 12.5. The molecule has 1 aromatic carbocycles. The Kier molecular flexibility index (Phi) is 9.42. The molecule has 1 N–H and O–H groups in total. The van der Waals surface area contributed by atoms with Gasteiger partial charge in [-0.2, -0.15) is 0 Å². The number of carbonyl (C=O) groups is 2. The van der Waals surface area contributed by atoms with Crippen molar-refractivity contribution in [2.45, 2.75) is 58.8 Å². The van der Waals surface area contributed by atoms with Gasteiger partial charge < -0.3 is 14.9 Å². The number of likely N-dealkylation sites (N-methyl/N-ethyl adjacent to an activating group) is 1. The number of hydrogen-bond acceptors (Lipinski definition) is 5. The Bertz CT molecular complexity index is 942. The summed E-state index contributed by atoms with van der Waals surface area (Å²) in [6.45, 7) is 4.99. The summed E-state index contributed by atoms with van der Waals surface area (Å²) < 4.78 is 0. The van der Waals surface area contributed by atoms with Gasteiger partial charge in [-0.25, -0.2) is 9.97 Å². The Morgan fingerprint density at radius 3 is 2.47 bits per heavy atom. The van der Waals surface area contributed by atoms with Crippen LogP contribution in [0.4, 0.5) is 5.95 Å². The molecule has 1 aromatic heterocycles. The summed E-state index contributed by atoms with van der Waals surface area (Å²) in [7, 11) is 1.97. The molecule has 1 heterocycles. The molecule has 184 valence electrons. The predicted octanol–water partition coefficient (Wildman–Crippen LogP) is 4.46. The topological polar surface area (TPSA) is 86.6 Å². The van der Waals surface area contributed by atoms with E-state index in [9.17, 15) is 14.7 Å². The lowest BCUT2D eigenvalue weighted by Gasteiger charge is -2.24. The quantitative estimate of drug-likeness (QED) is 0.497. The highest BCUT2D eigenvalue weighted by Gasteiger charge is 2.26. The van der Waals surface area contributed by atoms with Crippen LogP contribution in [-0.4, -0.2) is 58.5 Å². The van der Waals surface area contributed by atoms with Crippen molar-refractivity contribution in [1.29, 1.82) is 0 Å². The smallest absolute Gasteiger partial charge is 0.323 e. The lowest BCUT2D eigenvalue weighted by molar-refractivity contribution is -0.137. The Morgan fingerprint density at radius 2 is 1.82 bits per heavy atom. The van der Waals surface area contributed by atoms with Crippen LogP contribution in [0.5, 0.6) is 0 Å². The lowest BCUT2D eigenvalue weighted by Crippen LogP contribution is -2.38. The van der Waals surface area contributed by atoms with Crippen LogP contribution in [0.15, 0.2) is 36.5 Å². The molecular weight excluding hydrogens is 428 g/mol. The van der Waals surface area contributed by atoms with Crippen molar-refractivity contribution < 1.29 is 14.7 Å². The van der Waals surface area contributed by atoms with Crippen molar-refractivity contribution in [2.75, 3.05) is 31.6 Å². The van der Waals surface area contributed by atoms with Crippen LogP contribution in [0, 0.1) is 11.8 Å². The molecule has 1 aliphatic carbocycles. The van der Waals surface area contributed by atoms with Crippen molar-refractivity contribution in [1.82, 2.24) is 14.9 Å². The first-order valence-electron chi connectivity index (χ1n) is 12.5. The molecule has 0 spiro atoms. The number of aromatic nitrogens is 2. The third kappa shape index (κ3) is 7.54. The van der Waals surface area contributed by atoms with E-state index >= 15 is 0 Å². The molecule has 1 amide bonds. The van der Waals surface area contributed by atoms with Gasteiger partial charge in [-0.15, -0.1) is 0 Å². The van der Waals surface area contributed by atoms with Crippen molar-refractivity contribution in [3.8, 4) is 0 Å². The molecule has 1 saturated carbocycles. The summed E-state index contributed by atoms with van der Waals surface area (Å²) in [5, 5.41) is 9.38. The first kappa shape index (κ1) is 25.7. The van der Waals surface area contributed by atoms with E-state index in [0.29, 0.717) is 29.9 Å². The number of carbonyl (C=O) groups excluding carboxylic acids is 1. The van der Waals surface area contributed by atoms with Gasteiger partial charge in [-0.1, -0.05) is 69.9 Å². The standard InChI is InChI=1S/C27H38N4O3/c1-20(2)13-16-31(19-25(32)33)26(34)23-18-28-27(29-24(23)17-22-11-7-8-12-22)30(3)15-14-21-9-5-4-6-10-21/h4-6,9-10,18,20,22H,7-8,11-17,19H2,1-3H3,(H,32,33). The van der Waals surface area contributed by atoms with E-state index in [4.69, 9.17) is 4.98 Å². The molecule has 0 radical (unpaired) electrons. The highest BCUT2D eigenvalue weighted by molar-refractivity contribution is 5.96. The minimum Gasteiger partial charge on any atom is -0.480 e. The van der Waals surface area contributed by atoms with Gasteiger partial charge in [0.1, 0.15) is 6.54 Å². The number of carboxylic acid groups (broad SMARTS) is 1. The van der Waals surface area contributed by atoms with Crippen molar-refractivity contribution >= 4 is 17.8 Å². The first-order valence-corrected chi connectivity index (χ1v) is 12.5. The maximum absolute atomic E-state index is 13.4. The molecule has 7 heteroatoms. The molecule has 0 atom stereocenters. The average Bonchev–Trinajstić information content (AvgIpc) is 3.33. The maximum atomic E-state index is 13.4. The molecule has 0 aliphatic heterocycles. The monoisotopic (exact) mass is 466 g/mol. The lowest BCUT2D eigenvalue weighted by atomic mass is 9.98. The Morgan fingerprint density at radius 1 is 1.12 bits per heavy atom. The van der Waals surface area contributed by atoms with Crippen molar-refractivity contribution in [2.24, 2.45) is 11.8 Å². The van der Waals surface area contributed by atoms with Gasteiger partial charge in [0.2, 0.25) is 5.95 Å². The van der Waals surface area contributed by atoms with Crippen LogP contribution in [-0.2, 0) is 17.6 Å². The molecular formula is C27H38N4O3. The fraction of sp³-hybridized carbons (Fsp3) is 0.556. The van der Waals surface area contributed by atoms with Crippen LogP contribution in [0.2, 0.25) is 0 Å². The number of anilines is 1. The molecule has 0 saturated heterocycles. The van der Waals surface area contributed by atoms with Gasteiger partial charge in [-0.05, 0) is 36.7 Å². The highest BCUT2D eigenvalue weighted by atomic mass is 16.4. The molecule has 3 rings (SSSR count). The molecule has 1 fully saturated rings. The Hall–Kier alpha value is -2.96. The van der Waals surface area contributed by atoms with Gasteiger partial charge >= 0.3 is 5.97 Å². The van der Waals surface area contributed by atoms with Gasteiger partial charge in [0.05, 0.1) is 11.3 Å². The SMILES string of the molecule is CC(C)CCN(CC(=O)O)C(=O)c1cnc(N(C)CCc2ccccc2)nc1CC1CCCC1. The summed E-state index contributed by atoms with van der Waals surface area (Å²) in [4.78, 5) is 37.7. The van der Waals surface area contributed by atoms with Crippen LogP contribution in [0.25, 0.3) is 0 Å². The molecule has 34 heavy (non-hydrogen) atoms. The number of aliphatic carboxylic acids is 1. The maximum Gasteiger partial charge on any atom is 0.323 e. The number of nitrogens with zero attached hydrogens (tertiary/aromatic N) is 4. The fourth-order valence-corrected chi connectivity index (χ4v) is 4.45. The molecule has 2 aromatic rings. The highest BCUT2D eigenvalue weighted by Crippen LogP contribution is 2.29. The van der Waals surface area contributed by atoms with Gasteiger partial charge in [0.25, 0.3) is 5.91 Å². The summed E-state index contributed by atoms with van der Waals surface area (Å²) in [6.07, 6.45) is 8.67. The number of carboxylic acids is 1. The van der Waals surface area contributed by atoms with Gasteiger partial charge in [0.15, 0.2) is 0 Å². The summed E-state index contributed by atoms with van der Waals surface area (Å²) in [6, 6.07) is 10.3. The number of benzene rings is 1. The third-order valence-corrected chi connectivity index (χ3v) is 6.55. The normalized spacial score (nSPS) is 13.9. The fourth-order valence-electron chi connectivity index (χ4n) is 4.45. The van der Waals surface area contributed by atoms with Crippen LogP contribution >= 0.6 is 0 Å². The molecule has 0 unspecified atom stereocenters. The van der Waals surface area contributed by atoms with Crippen molar-refractivity contribution in [3.05, 3.63) is 53.3 Å². The largest absolute Gasteiger partial charge is 0.480 e. The zero-order chi connectivity index (χ0) is 24.5. The summed E-state index contributed by atoms with van der Waals surface area (Å²) >= 11 is 0. The van der Waals surface area contributed by atoms with E-state index in [-0.39, 0.29) is 12.5 Å². The number of amides is 1. The van der Waals surface area contributed by atoms with E-state index in [0.717, 1.165) is 44.3 Å². The van der Waals surface area contributed by atoms with Gasteiger partial charge in [0, 0.05) is 26.3 Å². The minimum absolute atomic E-state index is 0.283. The zero-order valence-electron chi connectivity index (χ0n) is 20.7. The molecule has 1 aliphatic rings. The minimum atomic E-state index is -1.01. The van der Waals surface area contributed by atoms with E-state index < -0.39 is 5.97 Å². The number of hydrogen-bond donors (Lipinski definition) is 1. The number of rotatable bonds is 12. The second-order valence-corrected chi connectivity index (χ2v) is 9.85. The average molecular weight is 467 g/mol. The summed E-state index contributed by atoms with van der Waals surface area (Å²) in [5.41, 5.74) is 2.44. The summed E-state index contributed by atoms with van der Waals surface area (Å²) in [5.74, 6) is 0.195. The Labute approximate surface area is 203 Å². The van der Waals surface area contributed by atoms with Crippen LogP contribution in [0.3, 0.4) is 0 Å².